The smallest absolute Gasteiger partial charge is 0.274 e. The Kier molecular flexibility index (Phi) is 3.18. The van der Waals surface area contributed by atoms with E-state index in [-0.39, 0.29) is 11.9 Å². The van der Waals surface area contributed by atoms with Crippen molar-refractivity contribution in [2.24, 2.45) is 0 Å². The largest absolute Gasteiger partial charge is 0.359 e. The van der Waals surface area contributed by atoms with Gasteiger partial charge in [-0.05, 0) is 38.3 Å². The van der Waals surface area contributed by atoms with E-state index in [2.05, 4.69) is 10.1 Å². The van der Waals surface area contributed by atoms with Gasteiger partial charge in [-0.15, -0.1) is 0 Å². The Morgan fingerprint density at radius 3 is 2.96 bits per heavy atom. The molecule has 1 aliphatic heterocycles. The molecule has 0 aromatic carbocycles. The van der Waals surface area contributed by atoms with Crippen molar-refractivity contribution in [2.45, 2.75) is 32.7 Å². The van der Waals surface area contributed by atoms with Crippen molar-refractivity contribution in [3.63, 3.8) is 0 Å². The predicted octanol–water partition coefficient (Wildman–Crippen LogP) is 2.92. The third-order valence-corrected chi connectivity index (χ3v) is 4.31. The first-order chi connectivity index (χ1) is 11.1. The Morgan fingerprint density at radius 2 is 2.17 bits per heavy atom. The second-order valence-corrected chi connectivity index (χ2v) is 6.13. The SMILES string of the molecule is Cc1ccc2nc(C(=O)N3CCCC3c3cc(C)no3)cn2c1. The average Bonchev–Trinajstić information content (AvgIpc) is 3.23. The maximum Gasteiger partial charge on any atom is 0.274 e. The summed E-state index contributed by atoms with van der Waals surface area (Å²) < 4.78 is 7.26. The number of rotatable bonds is 2. The molecule has 6 heteroatoms. The second-order valence-electron chi connectivity index (χ2n) is 6.13. The average molecular weight is 310 g/mol. The van der Waals surface area contributed by atoms with E-state index < -0.39 is 0 Å². The lowest BCUT2D eigenvalue weighted by molar-refractivity contribution is 0.0709. The van der Waals surface area contributed by atoms with Gasteiger partial charge >= 0.3 is 0 Å². The van der Waals surface area contributed by atoms with E-state index in [4.69, 9.17) is 4.52 Å². The molecule has 118 valence electrons. The number of fused-ring (bicyclic) bond motifs is 1. The molecule has 4 heterocycles. The fourth-order valence-corrected chi connectivity index (χ4v) is 3.20. The van der Waals surface area contributed by atoms with Gasteiger partial charge in [0.1, 0.15) is 11.3 Å². The highest BCUT2D eigenvalue weighted by atomic mass is 16.5. The van der Waals surface area contributed by atoms with Crippen LogP contribution in [0, 0.1) is 13.8 Å². The molecule has 4 rings (SSSR count). The van der Waals surface area contributed by atoms with Gasteiger partial charge in [0.05, 0.1) is 11.7 Å². The summed E-state index contributed by atoms with van der Waals surface area (Å²) in [5.74, 6) is 0.705. The number of pyridine rings is 1. The highest BCUT2D eigenvalue weighted by Crippen LogP contribution is 2.33. The fourth-order valence-electron chi connectivity index (χ4n) is 3.20. The molecule has 3 aromatic heterocycles. The van der Waals surface area contributed by atoms with Crippen molar-refractivity contribution in [3.8, 4) is 0 Å². The zero-order chi connectivity index (χ0) is 16.0. The van der Waals surface area contributed by atoms with Gasteiger partial charge < -0.3 is 13.8 Å². The van der Waals surface area contributed by atoms with Crippen LogP contribution in [0.2, 0.25) is 0 Å². The van der Waals surface area contributed by atoms with Crippen molar-refractivity contribution < 1.29 is 9.32 Å². The van der Waals surface area contributed by atoms with E-state index in [1.807, 2.05) is 47.5 Å². The number of likely N-dealkylation sites (tertiary alicyclic amines) is 1. The Labute approximate surface area is 133 Å². The summed E-state index contributed by atoms with van der Waals surface area (Å²) in [5, 5.41) is 3.94. The van der Waals surface area contributed by atoms with Gasteiger partial charge in [0, 0.05) is 25.0 Å². The number of carbonyl (C=O) groups excluding carboxylic acids is 1. The van der Waals surface area contributed by atoms with Crippen LogP contribution >= 0.6 is 0 Å². The first kappa shape index (κ1) is 14.0. The van der Waals surface area contributed by atoms with E-state index in [9.17, 15) is 4.79 Å². The van der Waals surface area contributed by atoms with Crippen molar-refractivity contribution in [1.82, 2.24) is 19.4 Å². The second kappa shape index (κ2) is 5.22. The third kappa shape index (κ3) is 2.40. The van der Waals surface area contributed by atoms with Crippen molar-refractivity contribution in [3.05, 3.63) is 53.3 Å². The Morgan fingerprint density at radius 1 is 1.30 bits per heavy atom. The molecular weight excluding hydrogens is 292 g/mol. The minimum Gasteiger partial charge on any atom is -0.359 e. The number of aryl methyl sites for hydroxylation is 2. The topological polar surface area (TPSA) is 63.6 Å². The number of hydrogen-bond donors (Lipinski definition) is 0. The molecular formula is C17H18N4O2. The number of aromatic nitrogens is 3. The molecule has 0 saturated carbocycles. The van der Waals surface area contributed by atoms with E-state index >= 15 is 0 Å². The van der Waals surface area contributed by atoms with E-state index in [1.54, 1.807) is 6.20 Å². The molecule has 0 radical (unpaired) electrons. The molecule has 1 amide bonds. The highest BCUT2D eigenvalue weighted by molar-refractivity contribution is 5.93. The molecule has 1 aliphatic rings. The van der Waals surface area contributed by atoms with E-state index in [1.165, 1.54) is 0 Å². The van der Waals surface area contributed by atoms with Crippen LogP contribution in [0.5, 0.6) is 0 Å². The molecule has 0 bridgehead atoms. The number of hydrogen-bond acceptors (Lipinski definition) is 4. The van der Waals surface area contributed by atoms with Gasteiger partial charge in [0.25, 0.3) is 5.91 Å². The Bertz CT molecular complexity index is 880. The summed E-state index contributed by atoms with van der Waals surface area (Å²) >= 11 is 0. The maximum atomic E-state index is 12.9. The molecule has 0 N–H and O–H groups in total. The fraction of sp³-hybridized carbons (Fsp3) is 0.353. The van der Waals surface area contributed by atoms with Gasteiger partial charge in [-0.1, -0.05) is 11.2 Å². The van der Waals surface area contributed by atoms with Crippen LogP contribution in [0.3, 0.4) is 0 Å². The van der Waals surface area contributed by atoms with Gasteiger partial charge in [0.2, 0.25) is 0 Å². The zero-order valence-electron chi connectivity index (χ0n) is 13.2. The monoisotopic (exact) mass is 310 g/mol. The lowest BCUT2D eigenvalue weighted by Gasteiger charge is -2.21. The van der Waals surface area contributed by atoms with Crippen LogP contribution in [-0.4, -0.2) is 31.9 Å². The first-order valence-corrected chi connectivity index (χ1v) is 7.81. The number of nitrogens with zero attached hydrogens (tertiary/aromatic N) is 4. The van der Waals surface area contributed by atoms with Crippen LogP contribution in [0.25, 0.3) is 5.65 Å². The minimum absolute atomic E-state index is 0.0461. The molecule has 3 aromatic rings. The van der Waals surface area contributed by atoms with Gasteiger partial charge in [-0.3, -0.25) is 4.79 Å². The molecule has 1 saturated heterocycles. The molecule has 1 unspecified atom stereocenters. The van der Waals surface area contributed by atoms with Crippen LogP contribution < -0.4 is 0 Å². The summed E-state index contributed by atoms with van der Waals surface area (Å²) in [6.45, 7) is 4.62. The van der Waals surface area contributed by atoms with Crippen LogP contribution in [-0.2, 0) is 0 Å². The maximum absolute atomic E-state index is 12.9. The summed E-state index contributed by atoms with van der Waals surface area (Å²) in [6.07, 6.45) is 5.63. The molecule has 0 aliphatic carbocycles. The normalized spacial score (nSPS) is 18.0. The summed E-state index contributed by atoms with van der Waals surface area (Å²) in [7, 11) is 0. The Balaban J connectivity index is 1.66. The standard InChI is InChI=1S/C17H18N4O2/c1-11-5-6-16-18-13(10-20(16)9-11)17(22)21-7-3-4-14(21)15-8-12(2)19-23-15/h5-6,8-10,14H,3-4,7H2,1-2H3. The molecule has 23 heavy (non-hydrogen) atoms. The van der Waals surface area contributed by atoms with Gasteiger partial charge in [-0.25, -0.2) is 4.98 Å². The number of carbonyl (C=O) groups is 1. The Hall–Kier alpha value is -2.63. The van der Waals surface area contributed by atoms with Crippen LogP contribution in [0.1, 0.15) is 46.4 Å². The minimum atomic E-state index is -0.0529. The van der Waals surface area contributed by atoms with Crippen LogP contribution in [0.15, 0.2) is 35.1 Å². The molecule has 1 fully saturated rings. The quantitative estimate of drug-likeness (QED) is 0.730. The first-order valence-electron chi connectivity index (χ1n) is 7.81. The number of amides is 1. The van der Waals surface area contributed by atoms with E-state index in [0.29, 0.717) is 5.69 Å². The highest BCUT2D eigenvalue weighted by Gasteiger charge is 2.34. The lowest BCUT2D eigenvalue weighted by atomic mass is 10.1. The zero-order valence-corrected chi connectivity index (χ0v) is 13.2. The lowest BCUT2D eigenvalue weighted by Crippen LogP contribution is -2.30. The van der Waals surface area contributed by atoms with Crippen molar-refractivity contribution in [1.29, 1.82) is 0 Å². The molecule has 0 spiro atoms. The van der Waals surface area contributed by atoms with Crippen molar-refractivity contribution >= 4 is 11.6 Å². The predicted molar refractivity (Wildman–Crippen MR) is 84.2 cm³/mol. The van der Waals surface area contributed by atoms with Crippen molar-refractivity contribution in [2.75, 3.05) is 6.54 Å². The van der Waals surface area contributed by atoms with Crippen LogP contribution in [0.4, 0.5) is 0 Å². The third-order valence-electron chi connectivity index (χ3n) is 4.31. The summed E-state index contributed by atoms with van der Waals surface area (Å²) in [4.78, 5) is 19.2. The van der Waals surface area contributed by atoms with Gasteiger partial charge in [0.15, 0.2) is 5.76 Å². The molecule has 6 nitrogen and oxygen atoms in total. The van der Waals surface area contributed by atoms with E-state index in [0.717, 1.165) is 42.1 Å². The van der Waals surface area contributed by atoms with Gasteiger partial charge in [-0.2, -0.15) is 0 Å². The summed E-state index contributed by atoms with van der Waals surface area (Å²) in [5.41, 5.74) is 3.22. The summed E-state index contributed by atoms with van der Waals surface area (Å²) in [6, 6.07) is 5.78. The molecule has 1 atom stereocenters. The number of imidazole rings is 1.